The minimum Gasteiger partial charge on any atom is -0.268 e. The molecular formula is C18H18N4O2S2. The Morgan fingerprint density at radius 3 is 2.46 bits per heavy atom. The number of H-pyrrole nitrogens is 1. The standard InChI is InChI=1S/C18H18N4O2S2/c23-26(24,21-11-4-5-12-21)16-10-6-7-14(13-16)17-19-20-18(25)22(17)15-8-2-1-3-9-15/h1-3,6-10,13H,4-5,11-12H2,(H,20,25). The maximum Gasteiger partial charge on any atom is 0.243 e. The average molecular weight is 387 g/mol. The van der Waals surface area contributed by atoms with Crippen molar-refractivity contribution in [3.63, 3.8) is 0 Å². The first kappa shape index (κ1) is 17.1. The summed E-state index contributed by atoms with van der Waals surface area (Å²) in [6, 6.07) is 16.5. The summed E-state index contributed by atoms with van der Waals surface area (Å²) in [5.74, 6) is 0.583. The summed E-state index contributed by atoms with van der Waals surface area (Å²) >= 11 is 5.37. The minimum atomic E-state index is -3.48. The van der Waals surface area contributed by atoms with Crippen LogP contribution < -0.4 is 0 Å². The lowest BCUT2D eigenvalue weighted by molar-refractivity contribution is 0.477. The molecule has 0 unspecified atom stereocenters. The van der Waals surface area contributed by atoms with Crippen LogP contribution in [0.3, 0.4) is 0 Å². The Labute approximate surface area is 157 Å². The van der Waals surface area contributed by atoms with Gasteiger partial charge in [-0.1, -0.05) is 30.3 Å². The van der Waals surface area contributed by atoms with E-state index in [1.807, 2.05) is 36.4 Å². The first-order valence-electron chi connectivity index (χ1n) is 8.41. The molecular weight excluding hydrogens is 368 g/mol. The second kappa shape index (κ2) is 6.79. The van der Waals surface area contributed by atoms with Crippen molar-refractivity contribution in [3.05, 3.63) is 59.4 Å². The topological polar surface area (TPSA) is 71.0 Å². The number of sulfonamides is 1. The van der Waals surface area contributed by atoms with Crippen LogP contribution >= 0.6 is 12.2 Å². The Morgan fingerprint density at radius 1 is 1.00 bits per heavy atom. The zero-order chi connectivity index (χ0) is 18.1. The molecule has 1 aromatic heterocycles. The molecule has 2 heterocycles. The predicted molar refractivity (Wildman–Crippen MR) is 102 cm³/mol. The molecule has 2 aromatic carbocycles. The molecule has 1 fully saturated rings. The normalized spacial score (nSPS) is 15.4. The van der Waals surface area contributed by atoms with E-state index in [-0.39, 0.29) is 4.90 Å². The highest BCUT2D eigenvalue weighted by molar-refractivity contribution is 7.89. The van der Waals surface area contributed by atoms with Crippen molar-refractivity contribution in [3.8, 4) is 17.1 Å². The van der Waals surface area contributed by atoms with E-state index in [4.69, 9.17) is 12.2 Å². The Morgan fingerprint density at radius 2 is 1.73 bits per heavy atom. The van der Waals surface area contributed by atoms with Crippen LogP contribution in [-0.4, -0.2) is 40.6 Å². The van der Waals surface area contributed by atoms with Crippen LogP contribution in [0.4, 0.5) is 0 Å². The van der Waals surface area contributed by atoms with Crippen LogP contribution in [0.5, 0.6) is 0 Å². The lowest BCUT2D eigenvalue weighted by atomic mass is 10.2. The molecule has 26 heavy (non-hydrogen) atoms. The Kier molecular flexibility index (Phi) is 4.47. The number of hydrogen-bond acceptors (Lipinski definition) is 4. The van der Waals surface area contributed by atoms with Crippen molar-refractivity contribution in [2.75, 3.05) is 13.1 Å². The van der Waals surface area contributed by atoms with Gasteiger partial charge in [0.2, 0.25) is 10.0 Å². The molecule has 1 N–H and O–H groups in total. The number of benzene rings is 2. The van der Waals surface area contributed by atoms with Crippen molar-refractivity contribution in [2.24, 2.45) is 0 Å². The third kappa shape index (κ3) is 3.00. The fraction of sp³-hybridized carbons (Fsp3) is 0.222. The number of nitrogens with zero attached hydrogens (tertiary/aromatic N) is 3. The molecule has 0 spiro atoms. The lowest BCUT2D eigenvalue weighted by Gasteiger charge is -2.16. The summed E-state index contributed by atoms with van der Waals surface area (Å²) in [7, 11) is -3.48. The second-order valence-electron chi connectivity index (χ2n) is 6.16. The molecule has 1 saturated heterocycles. The molecule has 3 aromatic rings. The monoisotopic (exact) mass is 386 g/mol. The van der Waals surface area contributed by atoms with Gasteiger partial charge in [0.25, 0.3) is 0 Å². The van der Waals surface area contributed by atoms with Crippen LogP contribution in [-0.2, 0) is 10.0 Å². The number of rotatable bonds is 4. The molecule has 1 aliphatic rings. The number of aromatic amines is 1. The number of nitrogens with one attached hydrogen (secondary N) is 1. The van der Waals surface area contributed by atoms with E-state index in [1.165, 1.54) is 0 Å². The van der Waals surface area contributed by atoms with E-state index < -0.39 is 10.0 Å². The summed E-state index contributed by atoms with van der Waals surface area (Å²) in [5, 5.41) is 7.12. The van der Waals surface area contributed by atoms with E-state index >= 15 is 0 Å². The van der Waals surface area contributed by atoms with Gasteiger partial charge in [0.1, 0.15) is 0 Å². The SMILES string of the molecule is O=S(=O)(c1cccc(-c2n[nH]c(=S)n2-c2ccccc2)c1)N1CCCC1. The lowest BCUT2D eigenvalue weighted by Crippen LogP contribution is -2.27. The molecule has 0 amide bonds. The molecule has 1 aliphatic heterocycles. The number of hydrogen-bond donors (Lipinski definition) is 1. The minimum absolute atomic E-state index is 0.283. The zero-order valence-corrected chi connectivity index (χ0v) is 15.6. The maximum atomic E-state index is 12.8. The maximum absolute atomic E-state index is 12.8. The molecule has 0 atom stereocenters. The van der Waals surface area contributed by atoms with Gasteiger partial charge in [-0.15, -0.1) is 0 Å². The van der Waals surface area contributed by atoms with E-state index in [2.05, 4.69) is 10.2 Å². The van der Waals surface area contributed by atoms with Crippen molar-refractivity contribution in [1.29, 1.82) is 0 Å². The zero-order valence-electron chi connectivity index (χ0n) is 14.0. The molecule has 0 radical (unpaired) electrons. The molecule has 0 aliphatic carbocycles. The summed E-state index contributed by atoms with van der Waals surface area (Å²) in [5.41, 5.74) is 1.57. The first-order chi connectivity index (χ1) is 12.6. The van der Waals surface area contributed by atoms with Gasteiger partial charge in [0.05, 0.1) is 4.90 Å². The molecule has 4 rings (SSSR count). The first-order valence-corrected chi connectivity index (χ1v) is 10.3. The molecule has 134 valence electrons. The van der Waals surface area contributed by atoms with E-state index in [9.17, 15) is 8.42 Å². The van der Waals surface area contributed by atoms with Crippen molar-refractivity contribution >= 4 is 22.2 Å². The van der Waals surface area contributed by atoms with Crippen LogP contribution in [0.2, 0.25) is 0 Å². The Balaban J connectivity index is 1.81. The smallest absolute Gasteiger partial charge is 0.243 e. The van der Waals surface area contributed by atoms with Gasteiger partial charge in [0.15, 0.2) is 10.6 Å². The Hall–Kier alpha value is -2.29. The summed E-state index contributed by atoms with van der Waals surface area (Å²) < 4.78 is 29.5. The second-order valence-corrected chi connectivity index (χ2v) is 8.49. The molecule has 8 heteroatoms. The summed E-state index contributed by atoms with van der Waals surface area (Å²) in [6.07, 6.45) is 1.82. The van der Waals surface area contributed by atoms with E-state index in [0.717, 1.165) is 18.5 Å². The summed E-state index contributed by atoms with van der Waals surface area (Å²) in [6.45, 7) is 1.16. The predicted octanol–water partition coefficient (Wildman–Crippen LogP) is 3.38. The largest absolute Gasteiger partial charge is 0.268 e. The third-order valence-corrected chi connectivity index (χ3v) is 6.65. The number of aromatic nitrogens is 3. The van der Waals surface area contributed by atoms with Crippen LogP contribution in [0.25, 0.3) is 17.1 Å². The van der Waals surface area contributed by atoms with Crippen molar-refractivity contribution in [2.45, 2.75) is 17.7 Å². The van der Waals surface area contributed by atoms with Gasteiger partial charge in [-0.05, 0) is 49.3 Å². The van der Waals surface area contributed by atoms with Crippen molar-refractivity contribution in [1.82, 2.24) is 19.1 Å². The summed E-state index contributed by atoms with van der Waals surface area (Å²) in [4.78, 5) is 0.283. The van der Waals surface area contributed by atoms with Gasteiger partial charge < -0.3 is 0 Å². The van der Waals surface area contributed by atoms with Gasteiger partial charge in [-0.2, -0.15) is 9.40 Å². The van der Waals surface area contributed by atoms with Crippen LogP contribution in [0.1, 0.15) is 12.8 Å². The Bertz CT molecular complexity index is 1080. The van der Waals surface area contributed by atoms with Gasteiger partial charge in [-0.3, -0.25) is 9.67 Å². The van der Waals surface area contributed by atoms with Crippen LogP contribution in [0, 0.1) is 4.77 Å². The average Bonchev–Trinajstić information content (AvgIpc) is 3.33. The van der Waals surface area contributed by atoms with Crippen LogP contribution in [0.15, 0.2) is 59.5 Å². The third-order valence-electron chi connectivity index (χ3n) is 4.48. The molecule has 6 nitrogen and oxygen atoms in total. The number of para-hydroxylation sites is 1. The van der Waals surface area contributed by atoms with Gasteiger partial charge in [-0.25, -0.2) is 8.42 Å². The van der Waals surface area contributed by atoms with Gasteiger partial charge >= 0.3 is 0 Å². The van der Waals surface area contributed by atoms with Gasteiger partial charge in [0, 0.05) is 24.3 Å². The molecule has 0 saturated carbocycles. The fourth-order valence-electron chi connectivity index (χ4n) is 3.18. The highest BCUT2D eigenvalue weighted by Crippen LogP contribution is 2.26. The highest BCUT2D eigenvalue weighted by atomic mass is 32.2. The van der Waals surface area contributed by atoms with E-state index in [0.29, 0.717) is 29.2 Å². The fourth-order valence-corrected chi connectivity index (χ4v) is 4.98. The quantitative estimate of drug-likeness (QED) is 0.698. The van der Waals surface area contributed by atoms with E-state index in [1.54, 1.807) is 27.1 Å². The molecule has 0 bridgehead atoms. The van der Waals surface area contributed by atoms with Crippen molar-refractivity contribution < 1.29 is 8.42 Å². The highest BCUT2D eigenvalue weighted by Gasteiger charge is 2.27.